The van der Waals surface area contributed by atoms with Gasteiger partial charge in [-0.25, -0.2) is 0 Å². The van der Waals surface area contributed by atoms with Gasteiger partial charge in [-0.3, -0.25) is 9.97 Å². The Morgan fingerprint density at radius 2 is 2.06 bits per heavy atom. The van der Waals surface area contributed by atoms with Crippen LogP contribution in [0.1, 0.15) is 22.9 Å². The van der Waals surface area contributed by atoms with Crippen molar-refractivity contribution in [1.29, 1.82) is 0 Å². The van der Waals surface area contributed by atoms with Crippen LogP contribution in [0, 0.1) is 6.92 Å². The molecule has 2 heterocycles. The van der Waals surface area contributed by atoms with E-state index in [4.69, 9.17) is 0 Å². The van der Waals surface area contributed by atoms with Gasteiger partial charge in [0.2, 0.25) is 0 Å². The van der Waals surface area contributed by atoms with Crippen LogP contribution in [0.2, 0.25) is 0 Å². The van der Waals surface area contributed by atoms with Crippen molar-refractivity contribution in [3.05, 3.63) is 58.1 Å². The predicted molar refractivity (Wildman–Crippen MR) is 65.0 cm³/mol. The van der Waals surface area contributed by atoms with Crippen LogP contribution >= 0.6 is 15.9 Å². The summed E-state index contributed by atoms with van der Waals surface area (Å²) in [7, 11) is 0. The molecule has 0 bridgehead atoms. The van der Waals surface area contributed by atoms with Crippen LogP contribution < -0.4 is 0 Å². The predicted octanol–water partition coefficient (Wildman–Crippen LogP) is 2.63. The number of aliphatic hydroxyl groups excluding tert-OH is 1. The van der Waals surface area contributed by atoms with E-state index in [2.05, 4.69) is 25.9 Å². The summed E-state index contributed by atoms with van der Waals surface area (Å²) in [5.41, 5.74) is 2.40. The fraction of sp³-hybridized carbons (Fsp3) is 0.167. The second-order valence-electron chi connectivity index (χ2n) is 3.60. The molecule has 0 aliphatic rings. The lowest BCUT2D eigenvalue weighted by atomic mass is 10.1. The molecular formula is C12H11BrN2O. The van der Waals surface area contributed by atoms with Gasteiger partial charge in [-0.2, -0.15) is 0 Å². The number of pyridine rings is 2. The molecule has 0 saturated carbocycles. The van der Waals surface area contributed by atoms with E-state index in [1.807, 2.05) is 19.1 Å². The molecule has 1 N–H and O–H groups in total. The molecule has 0 aliphatic carbocycles. The number of hydrogen-bond acceptors (Lipinski definition) is 3. The minimum Gasteiger partial charge on any atom is -0.382 e. The van der Waals surface area contributed by atoms with E-state index in [-0.39, 0.29) is 0 Å². The fourth-order valence-electron chi connectivity index (χ4n) is 1.45. The Morgan fingerprint density at radius 1 is 1.25 bits per heavy atom. The van der Waals surface area contributed by atoms with Crippen molar-refractivity contribution in [1.82, 2.24) is 9.97 Å². The van der Waals surface area contributed by atoms with Crippen LogP contribution in [0.3, 0.4) is 0 Å². The Kier molecular flexibility index (Phi) is 3.31. The van der Waals surface area contributed by atoms with Crippen molar-refractivity contribution in [3.8, 4) is 0 Å². The molecule has 0 fully saturated rings. The monoisotopic (exact) mass is 278 g/mol. The number of aromatic nitrogens is 2. The van der Waals surface area contributed by atoms with Gasteiger partial charge in [0.1, 0.15) is 6.10 Å². The molecule has 0 radical (unpaired) electrons. The van der Waals surface area contributed by atoms with Crippen LogP contribution in [0.5, 0.6) is 0 Å². The molecule has 0 amide bonds. The maximum atomic E-state index is 10.1. The molecule has 2 rings (SSSR count). The van der Waals surface area contributed by atoms with Crippen molar-refractivity contribution in [2.24, 2.45) is 0 Å². The van der Waals surface area contributed by atoms with E-state index in [0.717, 1.165) is 15.6 Å². The fourth-order valence-corrected chi connectivity index (χ4v) is 1.68. The maximum absolute atomic E-state index is 10.1. The molecule has 16 heavy (non-hydrogen) atoms. The average Bonchev–Trinajstić information content (AvgIpc) is 2.29. The van der Waals surface area contributed by atoms with Gasteiger partial charge in [-0.15, -0.1) is 0 Å². The first-order valence-corrected chi connectivity index (χ1v) is 5.67. The lowest BCUT2D eigenvalue weighted by molar-refractivity contribution is 0.215. The lowest BCUT2D eigenvalue weighted by Crippen LogP contribution is -2.02. The second kappa shape index (κ2) is 4.72. The summed E-state index contributed by atoms with van der Waals surface area (Å²) in [6, 6.07) is 5.55. The highest BCUT2D eigenvalue weighted by molar-refractivity contribution is 9.10. The quantitative estimate of drug-likeness (QED) is 0.919. The van der Waals surface area contributed by atoms with E-state index in [9.17, 15) is 5.11 Å². The molecule has 0 aliphatic heterocycles. The van der Waals surface area contributed by atoms with Gasteiger partial charge in [0, 0.05) is 28.6 Å². The normalized spacial score (nSPS) is 12.4. The summed E-state index contributed by atoms with van der Waals surface area (Å²) >= 11 is 3.31. The van der Waals surface area contributed by atoms with Gasteiger partial charge in [-0.1, -0.05) is 6.07 Å². The zero-order valence-electron chi connectivity index (χ0n) is 8.76. The van der Waals surface area contributed by atoms with E-state index >= 15 is 0 Å². The topological polar surface area (TPSA) is 46.0 Å². The molecule has 1 atom stereocenters. The third-order valence-corrected chi connectivity index (χ3v) is 2.71. The third-order valence-electron chi connectivity index (χ3n) is 2.24. The molecule has 2 aromatic heterocycles. The van der Waals surface area contributed by atoms with E-state index < -0.39 is 6.10 Å². The second-order valence-corrected chi connectivity index (χ2v) is 4.52. The number of hydrogen-bond donors (Lipinski definition) is 1. The molecule has 0 saturated heterocycles. The zero-order valence-corrected chi connectivity index (χ0v) is 10.3. The lowest BCUT2D eigenvalue weighted by Gasteiger charge is -2.10. The Morgan fingerprint density at radius 3 is 2.69 bits per heavy atom. The maximum Gasteiger partial charge on any atom is 0.122 e. The van der Waals surface area contributed by atoms with Gasteiger partial charge < -0.3 is 5.11 Å². The van der Waals surface area contributed by atoms with Gasteiger partial charge in [0.05, 0.1) is 5.69 Å². The third kappa shape index (κ3) is 2.46. The van der Waals surface area contributed by atoms with Crippen molar-refractivity contribution in [2.45, 2.75) is 13.0 Å². The first-order valence-electron chi connectivity index (χ1n) is 4.88. The summed E-state index contributed by atoms with van der Waals surface area (Å²) in [5.74, 6) is 0. The highest BCUT2D eigenvalue weighted by Crippen LogP contribution is 2.21. The van der Waals surface area contributed by atoms with Crippen molar-refractivity contribution in [3.63, 3.8) is 0 Å². The van der Waals surface area contributed by atoms with Crippen molar-refractivity contribution < 1.29 is 5.11 Å². The first kappa shape index (κ1) is 11.2. The molecule has 0 aromatic carbocycles. The summed E-state index contributed by atoms with van der Waals surface area (Å²) in [5, 5.41) is 10.1. The Balaban J connectivity index is 2.31. The van der Waals surface area contributed by atoms with Crippen LogP contribution in [0.4, 0.5) is 0 Å². The molecule has 1 unspecified atom stereocenters. The minimum absolute atomic E-state index is 0.621. The van der Waals surface area contributed by atoms with Crippen LogP contribution in [-0.2, 0) is 0 Å². The molecular weight excluding hydrogens is 268 g/mol. The smallest absolute Gasteiger partial charge is 0.122 e. The molecule has 82 valence electrons. The van der Waals surface area contributed by atoms with Gasteiger partial charge >= 0.3 is 0 Å². The number of aryl methyl sites for hydroxylation is 1. The zero-order chi connectivity index (χ0) is 11.5. The number of aliphatic hydroxyl groups is 1. The Labute approximate surface area is 102 Å². The molecule has 2 aromatic rings. The van der Waals surface area contributed by atoms with E-state index in [0.29, 0.717) is 5.69 Å². The Hall–Kier alpha value is -1.26. The highest BCUT2D eigenvalue weighted by atomic mass is 79.9. The number of nitrogens with zero attached hydrogens (tertiary/aromatic N) is 2. The summed E-state index contributed by atoms with van der Waals surface area (Å²) in [6.45, 7) is 1.94. The Bertz CT molecular complexity index is 485. The van der Waals surface area contributed by atoms with E-state index in [1.54, 1.807) is 24.7 Å². The van der Waals surface area contributed by atoms with E-state index in [1.165, 1.54) is 0 Å². The van der Waals surface area contributed by atoms with Crippen molar-refractivity contribution in [2.75, 3.05) is 0 Å². The van der Waals surface area contributed by atoms with Gasteiger partial charge in [0.25, 0.3) is 0 Å². The van der Waals surface area contributed by atoms with Crippen LogP contribution in [-0.4, -0.2) is 15.1 Å². The summed E-state index contributed by atoms with van der Waals surface area (Å²) < 4.78 is 0.894. The van der Waals surface area contributed by atoms with Gasteiger partial charge in [-0.05, 0) is 40.5 Å². The largest absolute Gasteiger partial charge is 0.382 e. The van der Waals surface area contributed by atoms with Gasteiger partial charge in [0.15, 0.2) is 0 Å². The van der Waals surface area contributed by atoms with Crippen LogP contribution in [0.15, 0.2) is 41.3 Å². The SMILES string of the molecule is Cc1cncc(C(O)c2ccc(Br)cn2)c1. The molecule has 4 heteroatoms. The van der Waals surface area contributed by atoms with Crippen LogP contribution in [0.25, 0.3) is 0 Å². The highest BCUT2D eigenvalue weighted by Gasteiger charge is 2.11. The number of halogens is 1. The standard InChI is InChI=1S/C12H11BrN2O/c1-8-4-9(6-14-5-8)12(16)11-3-2-10(13)7-15-11/h2-7,12,16H,1H3. The summed E-state index contributed by atoms with van der Waals surface area (Å²) in [6.07, 6.45) is 4.36. The minimum atomic E-state index is -0.722. The van der Waals surface area contributed by atoms with Crippen molar-refractivity contribution >= 4 is 15.9 Å². The molecule has 3 nitrogen and oxygen atoms in total. The number of rotatable bonds is 2. The summed E-state index contributed by atoms with van der Waals surface area (Å²) in [4.78, 5) is 8.21. The average molecular weight is 279 g/mol. The molecule has 0 spiro atoms. The first-order chi connectivity index (χ1) is 7.66.